The molecule has 0 aliphatic rings. The lowest BCUT2D eigenvalue weighted by atomic mass is 10.2. The summed E-state index contributed by atoms with van der Waals surface area (Å²) < 4.78 is 8.86. The Balaban J connectivity index is 1.83. The minimum absolute atomic E-state index is 1.17. The first-order valence-corrected chi connectivity index (χ1v) is 8.74. The zero-order valence-corrected chi connectivity index (χ0v) is 14.9. The fourth-order valence-corrected chi connectivity index (χ4v) is 3.69. The van der Waals surface area contributed by atoms with Gasteiger partial charge in [-0.2, -0.15) is 9.13 Å². The highest BCUT2D eigenvalue weighted by molar-refractivity contribution is 5.90. The number of aromatic nitrogens is 4. The second-order valence-electron chi connectivity index (χ2n) is 6.69. The molecule has 5 aromatic rings. The molecule has 0 unspecified atom stereocenters. The zero-order valence-electron chi connectivity index (χ0n) is 14.9. The van der Waals surface area contributed by atoms with Crippen LogP contribution in [0.25, 0.3) is 33.4 Å². The number of fused-ring (bicyclic) bond motifs is 2. The van der Waals surface area contributed by atoms with Crippen LogP contribution in [-0.4, -0.2) is 9.13 Å². The van der Waals surface area contributed by atoms with Crippen LogP contribution in [0.4, 0.5) is 0 Å². The fourth-order valence-electron chi connectivity index (χ4n) is 3.69. The van der Waals surface area contributed by atoms with Crippen molar-refractivity contribution < 1.29 is 9.13 Å². The SMILES string of the molecule is C[n+]1cn(-c2ccccc2)c2cc3c(cc21)n(-c1ccccc1)c[n+]3C. The standard InChI is InChI=1S/C22H20N4/c1-23-15-25(17-9-5-3-6-10-17)21-14-20-22(13-19(21)23)26(16-24(20)2)18-11-7-4-8-12-18/h3-16H,1-2H3/q+2. The van der Waals surface area contributed by atoms with Crippen molar-refractivity contribution in [2.75, 3.05) is 0 Å². The predicted octanol–water partition coefficient (Wildman–Crippen LogP) is 3.22. The van der Waals surface area contributed by atoms with Crippen molar-refractivity contribution in [2.24, 2.45) is 14.1 Å². The number of hydrogen-bond donors (Lipinski definition) is 0. The quantitative estimate of drug-likeness (QED) is 0.439. The molecule has 0 aliphatic carbocycles. The first-order valence-electron chi connectivity index (χ1n) is 8.74. The van der Waals surface area contributed by atoms with Gasteiger partial charge in [0.2, 0.25) is 12.7 Å². The molecule has 4 heteroatoms. The van der Waals surface area contributed by atoms with E-state index >= 15 is 0 Å². The summed E-state index contributed by atoms with van der Waals surface area (Å²) in [6, 6.07) is 25.5. The van der Waals surface area contributed by atoms with Crippen molar-refractivity contribution in [3.05, 3.63) is 85.5 Å². The minimum Gasteiger partial charge on any atom is -0.232 e. The van der Waals surface area contributed by atoms with Gasteiger partial charge in [-0.1, -0.05) is 36.4 Å². The van der Waals surface area contributed by atoms with Gasteiger partial charge in [0.25, 0.3) is 0 Å². The molecule has 3 aromatic carbocycles. The van der Waals surface area contributed by atoms with Crippen molar-refractivity contribution in [1.82, 2.24) is 9.13 Å². The topological polar surface area (TPSA) is 17.6 Å². The first-order chi connectivity index (χ1) is 12.7. The number of para-hydroxylation sites is 2. The highest BCUT2D eigenvalue weighted by Gasteiger charge is 2.22. The van der Waals surface area contributed by atoms with Crippen LogP contribution >= 0.6 is 0 Å². The molecular formula is C22H20N4+2. The lowest BCUT2D eigenvalue weighted by Gasteiger charge is -1.97. The van der Waals surface area contributed by atoms with Crippen molar-refractivity contribution in [3.8, 4) is 11.4 Å². The molecule has 126 valence electrons. The highest BCUT2D eigenvalue weighted by atomic mass is 15.1. The maximum atomic E-state index is 2.27. The van der Waals surface area contributed by atoms with Crippen LogP contribution in [0.1, 0.15) is 0 Å². The number of benzene rings is 3. The van der Waals surface area contributed by atoms with Gasteiger partial charge in [0.15, 0.2) is 22.1 Å². The summed E-state index contributed by atoms with van der Waals surface area (Å²) in [5, 5.41) is 0. The summed E-state index contributed by atoms with van der Waals surface area (Å²) in [7, 11) is 4.20. The van der Waals surface area contributed by atoms with Crippen LogP contribution in [-0.2, 0) is 14.1 Å². The Bertz CT molecular complexity index is 1130. The molecule has 0 saturated carbocycles. The number of aryl methyl sites for hydroxylation is 2. The molecule has 26 heavy (non-hydrogen) atoms. The van der Waals surface area contributed by atoms with E-state index in [-0.39, 0.29) is 0 Å². The third-order valence-corrected chi connectivity index (χ3v) is 5.00. The molecule has 0 radical (unpaired) electrons. The molecule has 0 saturated heterocycles. The molecule has 0 amide bonds. The van der Waals surface area contributed by atoms with Crippen LogP contribution in [0, 0.1) is 0 Å². The Morgan fingerprint density at radius 2 is 0.962 bits per heavy atom. The molecule has 0 fully saturated rings. The summed E-state index contributed by atoms with van der Waals surface area (Å²) in [6.07, 6.45) is 4.29. The zero-order chi connectivity index (χ0) is 17.7. The van der Waals surface area contributed by atoms with Gasteiger partial charge in [-0.25, -0.2) is 9.13 Å². The van der Waals surface area contributed by atoms with E-state index < -0.39 is 0 Å². The first kappa shape index (κ1) is 14.9. The van der Waals surface area contributed by atoms with E-state index in [2.05, 4.69) is 106 Å². The van der Waals surface area contributed by atoms with E-state index in [1.807, 2.05) is 12.1 Å². The molecule has 0 atom stereocenters. The van der Waals surface area contributed by atoms with E-state index in [9.17, 15) is 0 Å². The number of hydrogen-bond acceptors (Lipinski definition) is 0. The Kier molecular flexibility index (Phi) is 3.19. The lowest BCUT2D eigenvalue weighted by Crippen LogP contribution is -2.26. The Hall–Kier alpha value is -3.40. The van der Waals surface area contributed by atoms with Gasteiger partial charge in [0.05, 0.1) is 14.1 Å². The maximum absolute atomic E-state index is 2.27. The molecular weight excluding hydrogens is 320 g/mol. The number of nitrogens with zero attached hydrogens (tertiary/aromatic N) is 4. The van der Waals surface area contributed by atoms with Crippen molar-refractivity contribution in [2.45, 2.75) is 0 Å². The highest BCUT2D eigenvalue weighted by Crippen LogP contribution is 2.24. The monoisotopic (exact) mass is 340 g/mol. The van der Waals surface area contributed by atoms with Gasteiger partial charge in [-0.15, -0.1) is 0 Å². The molecule has 2 heterocycles. The van der Waals surface area contributed by atoms with Gasteiger partial charge in [0, 0.05) is 12.1 Å². The molecule has 0 N–H and O–H groups in total. The molecule has 0 bridgehead atoms. The molecule has 0 spiro atoms. The summed E-state index contributed by atoms with van der Waals surface area (Å²) in [5.41, 5.74) is 7.15. The molecule has 0 aliphatic heterocycles. The average Bonchev–Trinajstić information content (AvgIpc) is 3.19. The van der Waals surface area contributed by atoms with E-state index in [0.717, 1.165) is 0 Å². The van der Waals surface area contributed by atoms with Gasteiger partial charge >= 0.3 is 0 Å². The smallest absolute Gasteiger partial charge is 0.232 e. The van der Waals surface area contributed by atoms with E-state index in [0.29, 0.717) is 0 Å². The van der Waals surface area contributed by atoms with Crippen LogP contribution in [0.15, 0.2) is 85.5 Å². The molecule has 5 rings (SSSR count). The maximum Gasteiger partial charge on any atom is 0.249 e. The van der Waals surface area contributed by atoms with Crippen LogP contribution in [0.3, 0.4) is 0 Å². The largest absolute Gasteiger partial charge is 0.249 e. The van der Waals surface area contributed by atoms with Gasteiger partial charge in [-0.3, -0.25) is 0 Å². The van der Waals surface area contributed by atoms with Crippen LogP contribution in [0.2, 0.25) is 0 Å². The van der Waals surface area contributed by atoms with Crippen molar-refractivity contribution >= 4 is 22.1 Å². The minimum atomic E-state index is 1.17. The van der Waals surface area contributed by atoms with Crippen molar-refractivity contribution in [3.63, 3.8) is 0 Å². The van der Waals surface area contributed by atoms with Crippen LogP contribution < -0.4 is 9.13 Å². The average molecular weight is 340 g/mol. The van der Waals surface area contributed by atoms with E-state index in [1.54, 1.807) is 0 Å². The predicted molar refractivity (Wildman–Crippen MR) is 102 cm³/mol. The van der Waals surface area contributed by atoms with E-state index in [4.69, 9.17) is 0 Å². The Morgan fingerprint density at radius 3 is 1.35 bits per heavy atom. The van der Waals surface area contributed by atoms with Crippen molar-refractivity contribution in [1.29, 1.82) is 0 Å². The summed E-state index contributed by atoms with van der Waals surface area (Å²) in [6.45, 7) is 0. The normalized spacial score (nSPS) is 11.5. The third kappa shape index (κ3) is 2.15. The van der Waals surface area contributed by atoms with Gasteiger partial charge in [-0.05, 0) is 24.3 Å². The lowest BCUT2D eigenvalue weighted by molar-refractivity contribution is -0.646. The second-order valence-corrected chi connectivity index (χ2v) is 6.69. The Morgan fingerprint density at radius 1 is 0.577 bits per heavy atom. The second kappa shape index (κ2) is 5.56. The third-order valence-electron chi connectivity index (χ3n) is 5.00. The van der Waals surface area contributed by atoms with Gasteiger partial charge < -0.3 is 0 Å². The fraction of sp³-hybridized carbons (Fsp3) is 0.0909. The molecule has 2 aromatic heterocycles. The Labute approximate surface area is 151 Å². The van der Waals surface area contributed by atoms with Crippen LogP contribution in [0.5, 0.6) is 0 Å². The number of rotatable bonds is 2. The molecule has 4 nitrogen and oxygen atoms in total. The number of imidazole rings is 2. The summed E-state index contributed by atoms with van der Waals surface area (Å²) in [5.74, 6) is 0. The van der Waals surface area contributed by atoms with E-state index in [1.165, 1.54) is 33.4 Å². The summed E-state index contributed by atoms with van der Waals surface area (Å²) >= 11 is 0. The summed E-state index contributed by atoms with van der Waals surface area (Å²) in [4.78, 5) is 0. The van der Waals surface area contributed by atoms with Gasteiger partial charge in [0.1, 0.15) is 11.4 Å².